The van der Waals surface area contributed by atoms with Crippen LogP contribution in [0.5, 0.6) is 0 Å². The molecule has 0 saturated heterocycles. The number of rotatable bonds is 4. The van der Waals surface area contributed by atoms with E-state index in [0.29, 0.717) is 24.9 Å². The van der Waals surface area contributed by atoms with E-state index in [1.807, 2.05) is 24.3 Å². The highest BCUT2D eigenvalue weighted by molar-refractivity contribution is 7.19. The van der Waals surface area contributed by atoms with Crippen molar-refractivity contribution in [2.75, 3.05) is 0 Å². The van der Waals surface area contributed by atoms with Gasteiger partial charge in [-0.1, -0.05) is 38.1 Å². The van der Waals surface area contributed by atoms with Crippen LogP contribution in [0.2, 0.25) is 0 Å². The maximum atomic E-state index is 13.6. The second-order valence-corrected chi connectivity index (χ2v) is 13.4. The molecule has 0 fully saturated rings. The zero-order valence-corrected chi connectivity index (χ0v) is 23.3. The molecule has 2 aliphatic carbocycles. The lowest BCUT2D eigenvalue weighted by molar-refractivity contribution is 0.509. The Morgan fingerprint density at radius 3 is 1.66 bits per heavy atom. The predicted molar refractivity (Wildman–Crippen MR) is 155 cm³/mol. The molecule has 0 N–H and O–H groups in total. The molecule has 7 rings (SSSR count). The van der Waals surface area contributed by atoms with Crippen LogP contribution in [0.1, 0.15) is 58.7 Å². The highest BCUT2D eigenvalue weighted by Gasteiger charge is 2.25. The Bertz CT molecular complexity index is 1690. The average Bonchev–Trinajstić information content (AvgIpc) is 3.46. The van der Waals surface area contributed by atoms with Gasteiger partial charge >= 0.3 is 0 Å². The number of benzene rings is 1. The molecule has 2 atom stereocenters. The number of hydrogen-bond acceptors (Lipinski definition) is 6. The largest absolute Gasteiger partial charge is 0.294 e. The van der Waals surface area contributed by atoms with E-state index in [2.05, 4.69) is 23.8 Å². The van der Waals surface area contributed by atoms with Crippen molar-refractivity contribution in [1.82, 2.24) is 19.1 Å². The van der Waals surface area contributed by atoms with Gasteiger partial charge in [0.15, 0.2) is 0 Å². The van der Waals surface area contributed by atoms with Crippen molar-refractivity contribution in [3.63, 3.8) is 0 Å². The fraction of sp³-hybridized carbons (Fsp3) is 0.400. The molecule has 4 heterocycles. The first-order valence-corrected chi connectivity index (χ1v) is 15.2. The summed E-state index contributed by atoms with van der Waals surface area (Å²) in [7, 11) is 0. The Kier molecular flexibility index (Phi) is 5.85. The molecule has 5 aromatic rings. The van der Waals surface area contributed by atoms with Crippen molar-refractivity contribution in [3.05, 3.63) is 89.6 Å². The number of hydrogen-bond donors (Lipinski definition) is 0. The molecule has 0 unspecified atom stereocenters. The minimum Gasteiger partial charge on any atom is -0.294 e. The van der Waals surface area contributed by atoms with Gasteiger partial charge in [0.05, 0.1) is 36.5 Å². The fourth-order valence-electron chi connectivity index (χ4n) is 6.19. The highest BCUT2D eigenvalue weighted by Crippen LogP contribution is 2.36. The molecule has 6 nitrogen and oxygen atoms in total. The van der Waals surface area contributed by atoms with Crippen molar-refractivity contribution in [2.24, 2.45) is 11.8 Å². The Morgan fingerprint density at radius 1 is 0.763 bits per heavy atom. The van der Waals surface area contributed by atoms with E-state index in [1.54, 1.807) is 44.5 Å². The predicted octanol–water partition coefficient (Wildman–Crippen LogP) is 5.58. The topological polar surface area (TPSA) is 69.8 Å². The van der Waals surface area contributed by atoms with Gasteiger partial charge in [-0.15, -0.1) is 22.7 Å². The summed E-state index contributed by atoms with van der Waals surface area (Å²) < 4.78 is 3.46. The van der Waals surface area contributed by atoms with Crippen LogP contribution >= 0.6 is 22.7 Å². The molecule has 2 aliphatic rings. The van der Waals surface area contributed by atoms with Crippen LogP contribution in [0.25, 0.3) is 20.4 Å². The zero-order valence-electron chi connectivity index (χ0n) is 21.7. The van der Waals surface area contributed by atoms with E-state index in [0.717, 1.165) is 70.1 Å². The van der Waals surface area contributed by atoms with E-state index >= 15 is 0 Å². The Balaban J connectivity index is 1.24. The summed E-state index contributed by atoms with van der Waals surface area (Å²) in [5, 5.41) is 1.61. The van der Waals surface area contributed by atoms with Crippen LogP contribution in [0.15, 0.2) is 46.5 Å². The van der Waals surface area contributed by atoms with E-state index in [4.69, 9.17) is 0 Å². The number of aryl methyl sites for hydroxylation is 2. The number of thiophene rings is 2. The van der Waals surface area contributed by atoms with Gasteiger partial charge < -0.3 is 0 Å². The molecular weight excluding hydrogens is 512 g/mol. The van der Waals surface area contributed by atoms with Crippen molar-refractivity contribution in [1.29, 1.82) is 0 Å². The Labute approximate surface area is 228 Å². The van der Waals surface area contributed by atoms with E-state index in [1.165, 1.54) is 20.9 Å². The molecule has 38 heavy (non-hydrogen) atoms. The quantitative estimate of drug-likeness (QED) is 0.298. The minimum atomic E-state index is 0.0382. The smallest absolute Gasteiger partial charge is 0.262 e. The fourth-order valence-corrected chi connectivity index (χ4v) is 8.87. The zero-order chi connectivity index (χ0) is 26.0. The van der Waals surface area contributed by atoms with Crippen LogP contribution in [0.3, 0.4) is 0 Å². The molecule has 0 spiro atoms. The van der Waals surface area contributed by atoms with Gasteiger partial charge in [0.25, 0.3) is 11.1 Å². The molecule has 0 amide bonds. The van der Waals surface area contributed by atoms with Crippen LogP contribution in [-0.2, 0) is 38.8 Å². The van der Waals surface area contributed by atoms with Gasteiger partial charge in [0, 0.05) is 9.75 Å². The first kappa shape index (κ1) is 24.0. The number of aromatic nitrogens is 4. The standard InChI is InChI=1S/C30H30N4O2S2/c1-17-7-9-21-23(11-17)37-27-25(21)29(35)33(15-31-27)13-19-5-3-4-6-20(19)14-34-16-32-28-26(30(34)36)22-10-8-18(2)12-24(22)38-28/h3-6,15-18H,7-14H2,1-2H3/t17-,18-/m1/s1. The van der Waals surface area contributed by atoms with Crippen LogP contribution in [0.4, 0.5) is 0 Å². The van der Waals surface area contributed by atoms with Crippen molar-refractivity contribution >= 4 is 43.1 Å². The maximum Gasteiger partial charge on any atom is 0.262 e. The molecule has 0 bridgehead atoms. The third kappa shape index (κ3) is 3.96. The van der Waals surface area contributed by atoms with Gasteiger partial charge in [-0.3, -0.25) is 18.7 Å². The normalized spacial score (nSPS) is 19.1. The van der Waals surface area contributed by atoms with Crippen LogP contribution < -0.4 is 11.1 Å². The summed E-state index contributed by atoms with van der Waals surface area (Å²) >= 11 is 3.36. The maximum absolute atomic E-state index is 13.6. The summed E-state index contributed by atoms with van der Waals surface area (Å²) in [6.07, 6.45) is 9.60. The van der Waals surface area contributed by atoms with Gasteiger partial charge in [-0.2, -0.15) is 0 Å². The highest BCUT2D eigenvalue weighted by atomic mass is 32.1. The molecule has 194 valence electrons. The van der Waals surface area contributed by atoms with Crippen LogP contribution in [-0.4, -0.2) is 19.1 Å². The summed E-state index contributed by atoms with van der Waals surface area (Å²) in [5.41, 5.74) is 4.53. The van der Waals surface area contributed by atoms with Crippen molar-refractivity contribution < 1.29 is 0 Å². The second-order valence-electron chi connectivity index (χ2n) is 11.2. The van der Waals surface area contributed by atoms with Gasteiger partial charge in [0.1, 0.15) is 9.66 Å². The van der Waals surface area contributed by atoms with Crippen molar-refractivity contribution in [3.8, 4) is 0 Å². The summed E-state index contributed by atoms with van der Waals surface area (Å²) in [6, 6.07) is 8.07. The van der Waals surface area contributed by atoms with Gasteiger partial charge in [-0.25, -0.2) is 9.97 Å². The van der Waals surface area contributed by atoms with Crippen LogP contribution in [0, 0.1) is 11.8 Å². The summed E-state index contributed by atoms with van der Waals surface area (Å²) in [4.78, 5) is 41.0. The molecule has 4 aromatic heterocycles. The SMILES string of the molecule is C[C@@H]1CCc2c(sc3ncn(Cc4ccccc4Cn4cnc5sc6c(c5c4=O)CC[C@@H](C)C6)c(=O)c23)C1. The monoisotopic (exact) mass is 542 g/mol. The third-order valence-corrected chi connectivity index (χ3v) is 10.7. The lowest BCUT2D eigenvalue weighted by Crippen LogP contribution is -2.24. The van der Waals surface area contributed by atoms with Gasteiger partial charge in [0.2, 0.25) is 0 Å². The van der Waals surface area contributed by atoms with E-state index < -0.39 is 0 Å². The second kappa shape index (κ2) is 9.27. The molecule has 0 aliphatic heterocycles. The molecule has 8 heteroatoms. The number of nitrogens with zero attached hydrogens (tertiary/aromatic N) is 4. The summed E-state index contributed by atoms with van der Waals surface area (Å²) in [6.45, 7) is 5.41. The molecular formula is C30H30N4O2S2. The lowest BCUT2D eigenvalue weighted by Gasteiger charge is -2.18. The average molecular weight is 543 g/mol. The minimum absolute atomic E-state index is 0.0382. The first-order chi connectivity index (χ1) is 18.5. The Hall–Kier alpha value is -3.10. The summed E-state index contributed by atoms with van der Waals surface area (Å²) in [5.74, 6) is 1.31. The third-order valence-electron chi connectivity index (χ3n) is 8.36. The van der Waals surface area contributed by atoms with E-state index in [-0.39, 0.29) is 11.1 Å². The first-order valence-electron chi connectivity index (χ1n) is 13.5. The van der Waals surface area contributed by atoms with Crippen molar-refractivity contribution in [2.45, 2.75) is 65.5 Å². The van der Waals surface area contributed by atoms with Gasteiger partial charge in [-0.05, 0) is 72.6 Å². The molecule has 0 radical (unpaired) electrons. The lowest BCUT2D eigenvalue weighted by atomic mass is 9.89. The number of fused-ring (bicyclic) bond motifs is 6. The molecule has 1 aromatic carbocycles. The van der Waals surface area contributed by atoms with E-state index in [9.17, 15) is 9.59 Å². The Morgan fingerprint density at radius 2 is 1.21 bits per heavy atom. The molecule has 0 saturated carbocycles.